The van der Waals surface area contributed by atoms with Gasteiger partial charge in [0.15, 0.2) is 0 Å². The minimum Gasteiger partial charge on any atom is -0.396 e. The number of nitrogens with zero attached hydrogens (tertiary/aromatic N) is 2. The van der Waals surface area contributed by atoms with E-state index in [0.717, 1.165) is 19.0 Å². The van der Waals surface area contributed by atoms with E-state index in [1.165, 1.54) is 6.20 Å². The van der Waals surface area contributed by atoms with Crippen molar-refractivity contribution in [3.8, 4) is 0 Å². The zero-order chi connectivity index (χ0) is 12.3. The fourth-order valence-electron chi connectivity index (χ4n) is 1.94. The first-order valence-electron chi connectivity index (χ1n) is 5.65. The lowest BCUT2D eigenvalue weighted by Crippen LogP contribution is -2.39. The molecule has 1 saturated heterocycles. The highest BCUT2D eigenvalue weighted by molar-refractivity contribution is 5.91. The summed E-state index contributed by atoms with van der Waals surface area (Å²) in [6, 6.07) is 0. The number of nitrogens with one attached hydrogen (secondary N) is 1. The van der Waals surface area contributed by atoms with Crippen molar-refractivity contribution in [2.75, 3.05) is 19.7 Å². The molecule has 0 aliphatic carbocycles. The Morgan fingerprint density at radius 1 is 1.53 bits per heavy atom. The Kier molecular flexibility index (Phi) is 3.53. The van der Waals surface area contributed by atoms with Crippen molar-refractivity contribution in [1.82, 2.24) is 14.9 Å². The second-order valence-electron chi connectivity index (χ2n) is 4.21. The Labute approximate surface area is 98.3 Å². The van der Waals surface area contributed by atoms with Crippen LogP contribution in [0.5, 0.6) is 0 Å². The normalized spacial score (nSPS) is 17.1. The number of aromatic amines is 1. The van der Waals surface area contributed by atoms with Crippen molar-refractivity contribution in [2.45, 2.75) is 12.8 Å². The number of carbonyl (C=O) groups is 1. The average molecular weight is 237 g/mol. The number of aliphatic hydroxyl groups is 1. The number of likely N-dealkylation sites (tertiary alicyclic amines) is 1. The maximum atomic E-state index is 12.0. The van der Waals surface area contributed by atoms with Crippen LogP contribution in [-0.4, -0.2) is 45.6 Å². The van der Waals surface area contributed by atoms with Crippen LogP contribution in [0.25, 0.3) is 0 Å². The molecule has 1 aliphatic rings. The fourth-order valence-corrected chi connectivity index (χ4v) is 1.94. The van der Waals surface area contributed by atoms with Crippen molar-refractivity contribution in [3.63, 3.8) is 0 Å². The van der Waals surface area contributed by atoms with Crippen LogP contribution < -0.4 is 5.56 Å². The fraction of sp³-hybridized carbons (Fsp3) is 0.545. The van der Waals surface area contributed by atoms with Crippen LogP contribution in [0.2, 0.25) is 0 Å². The molecule has 6 heteroatoms. The number of amides is 1. The Hall–Kier alpha value is -1.69. The maximum absolute atomic E-state index is 12.0. The molecule has 2 heterocycles. The molecule has 2 rings (SSSR count). The molecular weight excluding hydrogens is 222 g/mol. The van der Waals surface area contributed by atoms with Crippen LogP contribution in [-0.2, 0) is 0 Å². The van der Waals surface area contributed by atoms with Crippen molar-refractivity contribution >= 4 is 5.91 Å². The minimum atomic E-state index is -0.319. The van der Waals surface area contributed by atoms with Gasteiger partial charge in [0.05, 0.1) is 6.20 Å². The predicted molar refractivity (Wildman–Crippen MR) is 60.6 cm³/mol. The van der Waals surface area contributed by atoms with E-state index in [1.807, 2.05) is 0 Å². The van der Waals surface area contributed by atoms with E-state index in [1.54, 1.807) is 4.90 Å². The molecule has 1 aromatic rings. The first kappa shape index (κ1) is 11.8. The molecular formula is C11H15N3O3. The highest BCUT2D eigenvalue weighted by Crippen LogP contribution is 2.17. The van der Waals surface area contributed by atoms with Gasteiger partial charge in [-0.1, -0.05) is 0 Å². The largest absolute Gasteiger partial charge is 0.396 e. The van der Waals surface area contributed by atoms with Crippen LogP contribution in [0, 0.1) is 5.92 Å². The molecule has 0 saturated carbocycles. The standard InChI is InChI=1S/C11H15N3O3/c15-7-8-1-3-14(4-2-8)11(17)9-5-13-10(16)6-12-9/h5-6,8,15H,1-4,7H2,(H,13,16). The molecule has 92 valence electrons. The quantitative estimate of drug-likeness (QED) is 0.733. The molecule has 1 fully saturated rings. The second kappa shape index (κ2) is 5.09. The van der Waals surface area contributed by atoms with Crippen molar-refractivity contribution < 1.29 is 9.90 Å². The summed E-state index contributed by atoms with van der Waals surface area (Å²) >= 11 is 0. The number of aromatic nitrogens is 2. The molecule has 0 spiro atoms. The van der Waals surface area contributed by atoms with Crippen LogP contribution >= 0.6 is 0 Å². The zero-order valence-electron chi connectivity index (χ0n) is 9.43. The van der Waals surface area contributed by atoms with Gasteiger partial charge in [-0.25, -0.2) is 4.98 Å². The molecule has 1 aromatic heterocycles. The highest BCUT2D eigenvalue weighted by Gasteiger charge is 2.23. The number of carbonyl (C=O) groups excluding carboxylic acids is 1. The van der Waals surface area contributed by atoms with Gasteiger partial charge in [0, 0.05) is 25.9 Å². The third-order valence-corrected chi connectivity index (χ3v) is 3.05. The van der Waals surface area contributed by atoms with Gasteiger partial charge in [-0.15, -0.1) is 0 Å². The van der Waals surface area contributed by atoms with Crippen molar-refractivity contribution in [2.24, 2.45) is 5.92 Å². The van der Waals surface area contributed by atoms with Gasteiger partial charge < -0.3 is 15.0 Å². The van der Waals surface area contributed by atoms with Crippen molar-refractivity contribution in [3.05, 3.63) is 28.4 Å². The Balaban J connectivity index is 2.01. The average Bonchev–Trinajstić information content (AvgIpc) is 2.39. The van der Waals surface area contributed by atoms with E-state index in [-0.39, 0.29) is 23.8 Å². The van der Waals surface area contributed by atoms with E-state index < -0.39 is 0 Å². The summed E-state index contributed by atoms with van der Waals surface area (Å²) in [6.07, 6.45) is 4.06. The Morgan fingerprint density at radius 2 is 2.24 bits per heavy atom. The summed E-state index contributed by atoms with van der Waals surface area (Å²) in [6.45, 7) is 1.44. The van der Waals surface area contributed by atoms with Crippen LogP contribution in [0.3, 0.4) is 0 Å². The summed E-state index contributed by atoms with van der Waals surface area (Å²) in [7, 11) is 0. The zero-order valence-corrected chi connectivity index (χ0v) is 9.43. The summed E-state index contributed by atoms with van der Waals surface area (Å²) in [5, 5.41) is 9.01. The van der Waals surface area contributed by atoms with Crippen molar-refractivity contribution in [1.29, 1.82) is 0 Å². The third kappa shape index (κ3) is 2.71. The molecule has 0 radical (unpaired) electrons. The topological polar surface area (TPSA) is 86.3 Å². The minimum absolute atomic E-state index is 0.169. The number of hydrogen-bond acceptors (Lipinski definition) is 4. The van der Waals surface area contributed by atoms with E-state index in [0.29, 0.717) is 19.0 Å². The van der Waals surface area contributed by atoms with Crippen LogP contribution in [0.15, 0.2) is 17.2 Å². The maximum Gasteiger partial charge on any atom is 0.273 e. The second-order valence-corrected chi connectivity index (χ2v) is 4.21. The number of piperidine rings is 1. The van der Waals surface area contributed by atoms with E-state index in [2.05, 4.69) is 9.97 Å². The first-order valence-corrected chi connectivity index (χ1v) is 5.65. The molecule has 1 aliphatic heterocycles. The smallest absolute Gasteiger partial charge is 0.273 e. The molecule has 2 N–H and O–H groups in total. The van der Waals surface area contributed by atoms with Crippen LogP contribution in [0.1, 0.15) is 23.3 Å². The Morgan fingerprint density at radius 3 is 2.76 bits per heavy atom. The highest BCUT2D eigenvalue weighted by atomic mass is 16.3. The summed E-state index contributed by atoms with van der Waals surface area (Å²) in [5.74, 6) is 0.125. The van der Waals surface area contributed by atoms with Crippen LogP contribution in [0.4, 0.5) is 0 Å². The lowest BCUT2D eigenvalue weighted by molar-refractivity contribution is 0.0644. The van der Waals surface area contributed by atoms with Gasteiger partial charge in [-0.05, 0) is 18.8 Å². The number of rotatable bonds is 2. The molecule has 17 heavy (non-hydrogen) atoms. The van der Waals surface area contributed by atoms with Gasteiger partial charge in [0.25, 0.3) is 11.5 Å². The summed E-state index contributed by atoms with van der Waals surface area (Å²) < 4.78 is 0. The molecule has 0 bridgehead atoms. The molecule has 0 unspecified atom stereocenters. The van der Waals surface area contributed by atoms with Gasteiger partial charge in [0.2, 0.25) is 0 Å². The lowest BCUT2D eigenvalue weighted by atomic mass is 9.98. The third-order valence-electron chi connectivity index (χ3n) is 3.05. The molecule has 0 atom stereocenters. The van der Waals surface area contributed by atoms with E-state index in [9.17, 15) is 9.59 Å². The molecule has 6 nitrogen and oxygen atoms in total. The predicted octanol–water partition coefficient (Wildman–Crippen LogP) is -0.386. The number of H-pyrrole nitrogens is 1. The van der Waals surface area contributed by atoms with E-state index in [4.69, 9.17) is 5.11 Å². The number of hydrogen-bond donors (Lipinski definition) is 2. The molecule has 1 amide bonds. The van der Waals surface area contributed by atoms with Gasteiger partial charge in [0.1, 0.15) is 5.69 Å². The van der Waals surface area contributed by atoms with Gasteiger partial charge >= 0.3 is 0 Å². The summed E-state index contributed by atoms with van der Waals surface area (Å²) in [5.41, 5.74) is -0.0624. The van der Waals surface area contributed by atoms with Gasteiger partial charge in [-0.2, -0.15) is 0 Å². The lowest BCUT2D eigenvalue weighted by Gasteiger charge is -2.30. The first-order chi connectivity index (χ1) is 8.20. The van der Waals surface area contributed by atoms with E-state index >= 15 is 0 Å². The van der Waals surface area contributed by atoms with Gasteiger partial charge in [-0.3, -0.25) is 9.59 Å². The monoisotopic (exact) mass is 237 g/mol. The molecule has 0 aromatic carbocycles. The SMILES string of the molecule is O=C(c1c[nH]c(=O)cn1)N1CCC(CO)CC1. The number of aliphatic hydroxyl groups excluding tert-OH is 1. The Bertz CT molecular complexity index is 429. The summed E-state index contributed by atoms with van der Waals surface area (Å²) in [4.78, 5) is 30.8.